The smallest absolute Gasteiger partial charge is 0.244 e. The Bertz CT molecular complexity index is 1160. The minimum atomic E-state index is -0.398. The predicted molar refractivity (Wildman–Crippen MR) is 110 cm³/mol. The summed E-state index contributed by atoms with van der Waals surface area (Å²) in [5.74, 6) is 0.669. The van der Waals surface area contributed by atoms with Crippen LogP contribution in [0.1, 0.15) is 28.3 Å². The third kappa shape index (κ3) is 3.63. The number of halogens is 2. The standard InChI is InChI=1S/C21H16Cl2N4O2/c1-11-18-19(16(9-24)20(25)29-21(18)27-26-11)12-3-2-4-15(7-12)28-10-13-5-6-14(22)8-17(13)23/h2-8,19H,10,25H2,1H3,(H,26,27)/t19-/m1/s1. The zero-order valence-corrected chi connectivity index (χ0v) is 16.9. The van der Waals surface area contributed by atoms with E-state index in [4.69, 9.17) is 38.4 Å². The lowest BCUT2D eigenvalue weighted by molar-refractivity contribution is 0.306. The second kappa shape index (κ2) is 7.70. The third-order valence-corrected chi connectivity index (χ3v) is 5.32. The molecule has 1 aliphatic rings. The van der Waals surface area contributed by atoms with Gasteiger partial charge in [0, 0.05) is 26.9 Å². The molecule has 3 N–H and O–H groups in total. The summed E-state index contributed by atoms with van der Waals surface area (Å²) < 4.78 is 11.4. The highest BCUT2D eigenvalue weighted by Crippen LogP contribution is 2.43. The number of nitrogens with zero attached hydrogens (tertiary/aromatic N) is 2. The van der Waals surface area contributed by atoms with Crippen molar-refractivity contribution in [3.63, 3.8) is 0 Å². The lowest BCUT2D eigenvalue weighted by Gasteiger charge is -2.24. The van der Waals surface area contributed by atoms with Crippen molar-refractivity contribution in [3.8, 4) is 17.7 Å². The normalized spacial score (nSPS) is 15.4. The Morgan fingerprint density at radius 3 is 2.86 bits per heavy atom. The third-order valence-electron chi connectivity index (χ3n) is 4.73. The van der Waals surface area contributed by atoms with Crippen molar-refractivity contribution >= 4 is 23.2 Å². The van der Waals surface area contributed by atoms with E-state index in [9.17, 15) is 5.26 Å². The average Bonchev–Trinajstić information content (AvgIpc) is 3.06. The first-order chi connectivity index (χ1) is 14.0. The van der Waals surface area contributed by atoms with Crippen LogP contribution in [-0.4, -0.2) is 10.2 Å². The molecule has 0 bridgehead atoms. The number of benzene rings is 2. The SMILES string of the molecule is Cc1[nH]nc2c1[C@H](c1cccc(OCc3ccc(Cl)cc3Cl)c1)C(C#N)=C(N)O2. The van der Waals surface area contributed by atoms with E-state index < -0.39 is 5.92 Å². The number of H-pyrrole nitrogens is 1. The van der Waals surface area contributed by atoms with E-state index >= 15 is 0 Å². The highest BCUT2D eigenvalue weighted by molar-refractivity contribution is 6.35. The Morgan fingerprint density at radius 2 is 2.10 bits per heavy atom. The van der Waals surface area contributed by atoms with E-state index in [1.165, 1.54) is 0 Å². The summed E-state index contributed by atoms with van der Waals surface area (Å²) in [6.07, 6.45) is 0. The number of hydrogen-bond acceptors (Lipinski definition) is 5. The van der Waals surface area contributed by atoms with Gasteiger partial charge < -0.3 is 15.2 Å². The van der Waals surface area contributed by atoms with Crippen molar-refractivity contribution in [1.82, 2.24) is 10.2 Å². The van der Waals surface area contributed by atoms with Gasteiger partial charge in [0.05, 0.1) is 5.92 Å². The minimum absolute atomic E-state index is 0.0516. The number of allylic oxidation sites excluding steroid dienone is 1. The van der Waals surface area contributed by atoms with Gasteiger partial charge in [-0.3, -0.25) is 5.10 Å². The van der Waals surface area contributed by atoms with Crippen LogP contribution in [0.3, 0.4) is 0 Å². The lowest BCUT2D eigenvalue weighted by atomic mass is 9.84. The molecule has 0 unspecified atom stereocenters. The molecular formula is C21H16Cl2N4O2. The van der Waals surface area contributed by atoms with Crippen molar-refractivity contribution in [2.24, 2.45) is 5.73 Å². The summed E-state index contributed by atoms with van der Waals surface area (Å²) in [5.41, 5.74) is 9.56. The fourth-order valence-electron chi connectivity index (χ4n) is 3.32. The molecule has 8 heteroatoms. The number of nitrogens with two attached hydrogens (primary N) is 1. The van der Waals surface area contributed by atoms with Gasteiger partial charge in [0.2, 0.25) is 11.8 Å². The molecular weight excluding hydrogens is 411 g/mol. The van der Waals surface area contributed by atoms with Gasteiger partial charge in [0.25, 0.3) is 0 Å². The Morgan fingerprint density at radius 1 is 1.28 bits per heavy atom. The molecule has 0 aliphatic carbocycles. The maximum Gasteiger partial charge on any atom is 0.244 e. The van der Waals surface area contributed by atoms with Crippen molar-refractivity contribution in [3.05, 3.63) is 86.4 Å². The molecule has 2 heterocycles. The van der Waals surface area contributed by atoms with Gasteiger partial charge in [-0.1, -0.05) is 41.4 Å². The Kier molecular flexibility index (Phi) is 5.10. The Labute approximate surface area is 177 Å². The summed E-state index contributed by atoms with van der Waals surface area (Å²) >= 11 is 12.2. The Balaban J connectivity index is 1.66. The maximum absolute atomic E-state index is 9.67. The molecule has 0 saturated heterocycles. The van der Waals surface area contributed by atoms with E-state index in [0.29, 0.717) is 27.2 Å². The summed E-state index contributed by atoms with van der Waals surface area (Å²) in [6, 6.07) is 14.9. The number of aromatic nitrogens is 2. The molecule has 0 spiro atoms. The van der Waals surface area contributed by atoms with Crippen LogP contribution in [0.5, 0.6) is 11.6 Å². The Hall–Kier alpha value is -3.14. The number of nitriles is 1. The second-order valence-corrected chi connectivity index (χ2v) is 7.43. The quantitative estimate of drug-likeness (QED) is 0.622. The molecule has 146 valence electrons. The van der Waals surface area contributed by atoms with Crippen molar-refractivity contribution < 1.29 is 9.47 Å². The lowest BCUT2D eigenvalue weighted by Crippen LogP contribution is -2.21. The molecule has 1 aliphatic heterocycles. The van der Waals surface area contributed by atoms with E-state index in [2.05, 4.69) is 16.3 Å². The first-order valence-corrected chi connectivity index (χ1v) is 9.52. The van der Waals surface area contributed by atoms with Gasteiger partial charge in [-0.25, -0.2) is 0 Å². The molecule has 4 rings (SSSR count). The van der Waals surface area contributed by atoms with E-state index in [1.807, 2.05) is 37.3 Å². The van der Waals surface area contributed by atoms with Crippen LogP contribution in [0.25, 0.3) is 0 Å². The van der Waals surface area contributed by atoms with Gasteiger partial charge >= 0.3 is 0 Å². The van der Waals surface area contributed by atoms with Crippen LogP contribution >= 0.6 is 23.2 Å². The van der Waals surface area contributed by atoms with Crippen LogP contribution in [-0.2, 0) is 6.61 Å². The topological polar surface area (TPSA) is 97.0 Å². The molecule has 0 saturated carbocycles. The van der Waals surface area contributed by atoms with Gasteiger partial charge in [0.15, 0.2) is 0 Å². The predicted octanol–water partition coefficient (Wildman–Crippen LogP) is 4.82. The minimum Gasteiger partial charge on any atom is -0.489 e. The van der Waals surface area contributed by atoms with E-state index in [1.54, 1.807) is 12.1 Å². The number of aryl methyl sites for hydroxylation is 1. The number of nitrogens with one attached hydrogen (secondary N) is 1. The van der Waals surface area contributed by atoms with Gasteiger partial charge in [-0.15, -0.1) is 5.10 Å². The van der Waals surface area contributed by atoms with Gasteiger partial charge in [-0.2, -0.15) is 5.26 Å². The van der Waals surface area contributed by atoms with Crippen molar-refractivity contribution in [2.75, 3.05) is 0 Å². The molecule has 29 heavy (non-hydrogen) atoms. The van der Waals surface area contributed by atoms with Gasteiger partial charge in [0.1, 0.15) is 24.0 Å². The molecule has 6 nitrogen and oxygen atoms in total. The number of ether oxygens (including phenoxy) is 2. The number of rotatable bonds is 4. The summed E-state index contributed by atoms with van der Waals surface area (Å²) in [6.45, 7) is 2.16. The molecule has 0 amide bonds. The molecule has 2 aromatic carbocycles. The van der Waals surface area contributed by atoms with E-state index in [-0.39, 0.29) is 12.5 Å². The molecule has 3 aromatic rings. The molecule has 0 radical (unpaired) electrons. The summed E-state index contributed by atoms with van der Waals surface area (Å²) in [7, 11) is 0. The largest absolute Gasteiger partial charge is 0.489 e. The first kappa shape index (κ1) is 19.2. The van der Waals surface area contributed by atoms with Crippen LogP contribution in [0, 0.1) is 18.3 Å². The van der Waals surface area contributed by atoms with Gasteiger partial charge in [-0.05, 0) is 36.8 Å². The number of hydrogen-bond donors (Lipinski definition) is 2. The van der Waals surface area contributed by atoms with Crippen LogP contribution in [0.15, 0.2) is 53.9 Å². The van der Waals surface area contributed by atoms with Crippen molar-refractivity contribution in [2.45, 2.75) is 19.4 Å². The van der Waals surface area contributed by atoms with E-state index in [0.717, 1.165) is 22.4 Å². The zero-order valence-electron chi connectivity index (χ0n) is 15.4. The summed E-state index contributed by atoms with van der Waals surface area (Å²) in [4.78, 5) is 0. The highest BCUT2D eigenvalue weighted by Gasteiger charge is 2.34. The fourth-order valence-corrected chi connectivity index (χ4v) is 3.78. The maximum atomic E-state index is 9.67. The zero-order chi connectivity index (χ0) is 20.5. The molecule has 1 atom stereocenters. The first-order valence-electron chi connectivity index (χ1n) is 8.77. The van der Waals surface area contributed by atoms with Crippen molar-refractivity contribution in [1.29, 1.82) is 5.26 Å². The number of fused-ring (bicyclic) bond motifs is 1. The monoisotopic (exact) mass is 426 g/mol. The van der Waals surface area contributed by atoms with Crippen LogP contribution in [0.4, 0.5) is 0 Å². The van der Waals surface area contributed by atoms with Crippen LogP contribution < -0.4 is 15.2 Å². The second-order valence-electron chi connectivity index (χ2n) is 6.59. The highest BCUT2D eigenvalue weighted by atomic mass is 35.5. The summed E-state index contributed by atoms with van der Waals surface area (Å²) in [5, 5.41) is 17.8. The average molecular weight is 427 g/mol. The fraction of sp³-hybridized carbons (Fsp3) is 0.143. The molecule has 1 aromatic heterocycles. The number of aromatic amines is 1. The van der Waals surface area contributed by atoms with Crippen LogP contribution in [0.2, 0.25) is 10.0 Å². The molecule has 0 fully saturated rings.